The smallest absolute Gasteiger partial charge is 0.246 e. The number of ether oxygens (including phenoxy) is 1. The number of nitrogens with one attached hydrogen (secondary N) is 1. The molecule has 0 bridgehead atoms. The van der Waals surface area contributed by atoms with E-state index in [0.717, 1.165) is 50.6 Å². The molecule has 1 aliphatic heterocycles. The van der Waals surface area contributed by atoms with Crippen molar-refractivity contribution in [3.63, 3.8) is 0 Å². The lowest BCUT2D eigenvalue weighted by Gasteiger charge is -2.39. The highest BCUT2D eigenvalue weighted by Crippen LogP contribution is 2.30. The van der Waals surface area contributed by atoms with Gasteiger partial charge < -0.3 is 10.1 Å². The quantitative estimate of drug-likeness (QED) is 0.623. The van der Waals surface area contributed by atoms with Crippen LogP contribution in [-0.4, -0.2) is 67.7 Å². The molecule has 2 aliphatic rings. The molecule has 2 aromatic carbocycles. The number of nitrogens with zero attached hydrogens (tertiary/aromatic N) is 2. The minimum absolute atomic E-state index is 0.0102. The van der Waals surface area contributed by atoms with Crippen molar-refractivity contribution < 1.29 is 9.53 Å². The lowest BCUT2D eigenvalue weighted by Crippen LogP contribution is -2.48. The van der Waals surface area contributed by atoms with Gasteiger partial charge in [0.1, 0.15) is 6.61 Å². The van der Waals surface area contributed by atoms with Crippen LogP contribution in [-0.2, 0) is 9.53 Å². The van der Waals surface area contributed by atoms with E-state index < -0.39 is 0 Å². The van der Waals surface area contributed by atoms with Crippen LogP contribution < -0.4 is 5.32 Å². The zero-order chi connectivity index (χ0) is 20.8. The first-order chi connectivity index (χ1) is 14.7. The standard InChI is InChI=1S/C24H30ClN3O2/c25-21-8-6-20(7-9-21)24(19-4-2-1-3-5-19)28-14-12-27(13-15-28)16-17-30-18-23(29)26-22-10-11-22/h1-9,22,24H,10-18H2,(H,26,29)/t24-/m0/s1. The fourth-order valence-corrected chi connectivity index (χ4v) is 4.12. The minimum atomic E-state index is 0.0102. The molecule has 1 atom stereocenters. The Kier molecular flexibility index (Phi) is 7.39. The van der Waals surface area contributed by atoms with Gasteiger partial charge in [-0.15, -0.1) is 0 Å². The largest absolute Gasteiger partial charge is 0.370 e. The summed E-state index contributed by atoms with van der Waals surface area (Å²) in [6.45, 7) is 5.60. The van der Waals surface area contributed by atoms with Crippen LogP contribution >= 0.6 is 11.6 Å². The van der Waals surface area contributed by atoms with E-state index in [4.69, 9.17) is 16.3 Å². The van der Waals surface area contributed by atoms with Gasteiger partial charge in [0.05, 0.1) is 12.6 Å². The Hall–Kier alpha value is -1.92. The van der Waals surface area contributed by atoms with Crippen LogP contribution in [0.2, 0.25) is 5.02 Å². The fraction of sp³-hybridized carbons (Fsp3) is 0.458. The summed E-state index contributed by atoms with van der Waals surface area (Å²) >= 11 is 6.12. The van der Waals surface area contributed by atoms with Gasteiger partial charge in [0.25, 0.3) is 0 Å². The maximum atomic E-state index is 11.7. The predicted molar refractivity (Wildman–Crippen MR) is 120 cm³/mol. The summed E-state index contributed by atoms with van der Waals surface area (Å²) in [5.74, 6) is 0.0102. The molecule has 160 valence electrons. The van der Waals surface area contributed by atoms with E-state index in [2.05, 4.69) is 57.6 Å². The summed E-state index contributed by atoms with van der Waals surface area (Å²) in [5.41, 5.74) is 2.57. The lowest BCUT2D eigenvalue weighted by molar-refractivity contribution is -0.126. The topological polar surface area (TPSA) is 44.8 Å². The van der Waals surface area contributed by atoms with Gasteiger partial charge in [0, 0.05) is 43.8 Å². The third-order valence-corrected chi connectivity index (χ3v) is 6.05. The molecular weight excluding hydrogens is 398 g/mol. The predicted octanol–water partition coefficient (Wildman–Crippen LogP) is 3.34. The molecule has 4 rings (SSSR count). The number of halogens is 1. The Balaban J connectivity index is 1.28. The summed E-state index contributed by atoms with van der Waals surface area (Å²) in [6, 6.07) is 19.5. The minimum Gasteiger partial charge on any atom is -0.370 e. The van der Waals surface area contributed by atoms with Crippen molar-refractivity contribution in [2.45, 2.75) is 24.9 Å². The summed E-state index contributed by atoms with van der Waals surface area (Å²) in [6.07, 6.45) is 2.21. The van der Waals surface area contributed by atoms with Gasteiger partial charge in [-0.1, -0.05) is 54.1 Å². The second-order valence-corrected chi connectivity index (χ2v) is 8.57. The first-order valence-corrected chi connectivity index (χ1v) is 11.2. The maximum absolute atomic E-state index is 11.7. The lowest BCUT2D eigenvalue weighted by atomic mass is 9.96. The Morgan fingerprint density at radius 2 is 1.67 bits per heavy atom. The third kappa shape index (κ3) is 6.05. The molecule has 5 nitrogen and oxygen atoms in total. The third-order valence-electron chi connectivity index (χ3n) is 5.80. The highest BCUT2D eigenvalue weighted by atomic mass is 35.5. The van der Waals surface area contributed by atoms with E-state index >= 15 is 0 Å². The van der Waals surface area contributed by atoms with E-state index in [0.29, 0.717) is 12.6 Å². The number of rotatable bonds is 9. The monoisotopic (exact) mass is 427 g/mol. The van der Waals surface area contributed by atoms with Crippen LogP contribution in [0, 0.1) is 0 Å². The highest BCUT2D eigenvalue weighted by molar-refractivity contribution is 6.30. The second kappa shape index (κ2) is 10.4. The van der Waals surface area contributed by atoms with E-state index in [1.54, 1.807) is 0 Å². The number of carbonyl (C=O) groups excluding carboxylic acids is 1. The number of carbonyl (C=O) groups is 1. The van der Waals surface area contributed by atoms with Crippen molar-refractivity contribution >= 4 is 17.5 Å². The summed E-state index contributed by atoms with van der Waals surface area (Å²) in [7, 11) is 0. The Labute approximate surface area is 184 Å². The van der Waals surface area contributed by atoms with E-state index in [1.165, 1.54) is 11.1 Å². The zero-order valence-electron chi connectivity index (χ0n) is 17.3. The molecule has 1 aliphatic carbocycles. The van der Waals surface area contributed by atoms with Crippen molar-refractivity contribution in [2.24, 2.45) is 0 Å². The molecule has 0 aromatic heterocycles. The highest BCUT2D eigenvalue weighted by Gasteiger charge is 2.26. The van der Waals surface area contributed by atoms with Gasteiger partial charge in [0.2, 0.25) is 5.91 Å². The number of hydrogen-bond donors (Lipinski definition) is 1. The zero-order valence-corrected chi connectivity index (χ0v) is 18.1. The van der Waals surface area contributed by atoms with Gasteiger partial charge in [-0.05, 0) is 36.1 Å². The van der Waals surface area contributed by atoms with Crippen LogP contribution in [0.5, 0.6) is 0 Å². The molecule has 1 amide bonds. The maximum Gasteiger partial charge on any atom is 0.246 e. The van der Waals surface area contributed by atoms with Crippen LogP contribution in [0.3, 0.4) is 0 Å². The van der Waals surface area contributed by atoms with Crippen molar-refractivity contribution in [3.8, 4) is 0 Å². The molecule has 0 radical (unpaired) electrons. The van der Waals surface area contributed by atoms with Gasteiger partial charge >= 0.3 is 0 Å². The molecule has 1 N–H and O–H groups in total. The first kappa shape index (κ1) is 21.3. The molecule has 6 heteroatoms. The van der Waals surface area contributed by atoms with Crippen LogP contribution in [0.25, 0.3) is 0 Å². The SMILES string of the molecule is O=C(COCCN1CCN([C@@H](c2ccccc2)c2ccc(Cl)cc2)CC1)NC1CC1. The molecular formula is C24H30ClN3O2. The average Bonchev–Trinajstić information content (AvgIpc) is 3.58. The van der Waals surface area contributed by atoms with Crippen LogP contribution in [0.4, 0.5) is 0 Å². The Morgan fingerprint density at radius 1 is 1.00 bits per heavy atom. The number of benzene rings is 2. The number of piperazine rings is 1. The van der Waals surface area contributed by atoms with Gasteiger partial charge in [-0.2, -0.15) is 0 Å². The average molecular weight is 428 g/mol. The normalized spacial score (nSPS) is 18.8. The summed E-state index contributed by atoms with van der Waals surface area (Å²) in [5, 5.41) is 3.72. The molecule has 1 saturated heterocycles. The Bertz CT molecular complexity index is 803. The Morgan fingerprint density at radius 3 is 2.33 bits per heavy atom. The molecule has 2 aromatic rings. The number of hydrogen-bond acceptors (Lipinski definition) is 4. The van der Waals surface area contributed by atoms with E-state index in [1.807, 2.05) is 12.1 Å². The molecule has 2 fully saturated rings. The molecule has 1 heterocycles. The summed E-state index contributed by atoms with van der Waals surface area (Å²) < 4.78 is 5.57. The van der Waals surface area contributed by atoms with Gasteiger partial charge in [-0.3, -0.25) is 14.6 Å². The second-order valence-electron chi connectivity index (χ2n) is 8.14. The van der Waals surface area contributed by atoms with Crippen LogP contribution in [0.1, 0.15) is 30.0 Å². The van der Waals surface area contributed by atoms with Gasteiger partial charge in [0.15, 0.2) is 0 Å². The van der Waals surface area contributed by atoms with E-state index in [-0.39, 0.29) is 18.6 Å². The van der Waals surface area contributed by atoms with Crippen molar-refractivity contribution in [1.29, 1.82) is 0 Å². The summed E-state index contributed by atoms with van der Waals surface area (Å²) in [4.78, 5) is 16.6. The molecule has 1 saturated carbocycles. The fourth-order valence-electron chi connectivity index (χ4n) is 4.00. The number of amides is 1. The van der Waals surface area contributed by atoms with Gasteiger partial charge in [-0.25, -0.2) is 0 Å². The van der Waals surface area contributed by atoms with Crippen molar-refractivity contribution in [3.05, 3.63) is 70.7 Å². The molecule has 30 heavy (non-hydrogen) atoms. The van der Waals surface area contributed by atoms with Crippen molar-refractivity contribution in [1.82, 2.24) is 15.1 Å². The van der Waals surface area contributed by atoms with Crippen molar-refractivity contribution in [2.75, 3.05) is 45.9 Å². The molecule has 0 spiro atoms. The van der Waals surface area contributed by atoms with Crippen LogP contribution in [0.15, 0.2) is 54.6 Å². The first-order valence-electron chi connectivity index (χ1n) is 10.8. The molecule has 0 unspecified atom stereocenters. The van der Waals surface area contributed by atoms with E-state index in [9.17, 15) is 4.79 Å².